The van der Waals surface area contributed by atoms with Gasteiger partial charge < -0.3 is 44.9 Å². The zero-order valence-electron chi connectivity index (χ0n) is 35.2. The summed E-state index contributed by atoms with van der Waals surface area (Å²) in [4.78, 5) is 55.5. The molecule has 0 fully saturated rings. The van der Waals surface area contributed by atoms with Gasteiger partial charge in [-0.05, 0) is 91.4 Å². The molecule has 1 radical (unpaired) electrons. The first kappa shape index (κ1) is 39.7. The molecule has 12 nitrogen and oxygen atoms in total. The Kier molecular flexibility index (Phi) is 10.4. The molecule has 5 aromatic rings. The molecule has 0 saturated heterocycles. The minimum atomic E-state index is -1.34. The minimum Gasteiger partial charge on any atom is -0.884 e. The van der Waals surface area contributed by atoms with Gasteiger partial charge in [0, 0.05) is 11.1 Å². The SMILES string of the molecule is O=C([O-])c1ccc(C2=C3C=CC(=N3)C(c3ccc(C(=O)[O-])cc3)=C3C=CC(=N3)C(=c3ccc(=C([O-])[O-])cc3)c3ccc([n-]3)C(c3ccc(C(=O)[O-])cc3)=C3C=CC2=N3)cc1.[67Cu+2].[H+].[H+].[H+].[H+]. The second-order valence-corrected chi connectivity index (χ2v) is 13.8. The van der Waals surface area contributed by atoms with Crippen LogP contribution in [0.15, 0.2) is 178 Å². The molecule has 4 aliphatic rings. The van der Waals surface area contributed by atoms with Crippen molar-refractivity contribution < 1.29 is 62.7 Å². The van der Waals surface area contributed by atoms with Gasteiger partial charge in [-0.1, -0.05) is 109 Å². The van der Waals surface area contributed by atoms with Crippen molar-refractivity contribution in [1.29, 1.82) is 0 Å². The van der Waals surface area contributed by atoms with Crippen molar-refractivity contribution in [1.82, 2.24) is 4.98 Å². The van der Waals surface area contributed by atoms with Gasteiger partial charge in [-0.3, -0.25) is 0 Å². The van der Waals surface area contributed by atoms with Crippen LogP contribution in [0.5, 0.6) is 0 Å². The quantitative estimate of drug-likeness (QED) is 0.220. The van der Waals surface area contributed by atoms with Crippen LogP contribution < -0.4 is 41.0 Å². The van der Waals surface area contributed by atoms with E-state index >= 15 is 0 Å². The van der Waals surface area contributed by atoms with E-state index in [4.69, 9.17) is 20.0 Å². The Hall–Kier alpha value is -8.12. The molecular formula is C48H28CuN4O8. The number of rotatable bonds is 6. The van der Waals surface area contributed by atoms with Crippen molar-refractivity contribution in [3.63, 3.8) is 0 Å². The molecule has 4 aromatic carbocycles. The molecule has 0 saturated carbocycles. The van der Waals surface area contributed by atoms with Gasteiger partial charge in [-0.15, -0.1) is 11.4 Å². The minimum absolute atomic E-state index is 0. The molecule has 61 heavy (non-hydrogen) atoms. The van der Waals surface area contributed by atoms with Crippen LogP contribution in [0.2, 0.25) is 0 Å². The number of hydrogen-bond acceptors (Lipinski definition) is 11. The van der Waals surface area contributed by atoms with E-state index in [0.717, 1.165) is 0 Å². The van der Waals surface area contributed by atoms with Crippen LogP contribution in [0, 0.1) is 0 Å². The number of hydrogen-bond donors (Lipinski definition) is 0. The number of aliphatic imine (C=N–C) groups is 3. The van der Waals surface area contributed by atoms with Crippen molar-refractivity contribution in [3.8, 4) is 0 Å². The molecule has 0 unspecified atom stereocenters. The van der Waals surface area contributed by atoms with E-state index in [1.165, 1.54) is 48.5 Å². The summed E-state index contributed by atoms with van der Waals surface area (Å²) >= 11 is 0. The molecule has 0 spiro atoms. The molecule has 299 valence electrons. The number of carbonyl (C=O) groups excluding carboxylic acids is 3. The summed E-state index contributed by atoms with van der Waals surface area (Å²) in [5, 5.41) is 59.1. The van der Waals surface area contributed by atoms with Gasteiger partial charge in [-0.2, -0.15) is 5.95 Å². The van der Waals surface area contributed by atoms with E-state index in [9.17, 15) is 39.9 Å². The molecular weight excluding hydrogens is 827 g/mol. The Labute approximate surface area is 362 Å². The predicted octanol–water partition coefficient (Wildman–Crippen LogP) is 0.795. The van der Waals surface area contributed by atoms with E-state index in [1.54, 1.807) is 97.1 Å². The van der Waals surface area contributed by atoms with Crippen molar-refractivity contribution in [2.24, 2.45) is 15.0 Å². The molecule has 9 rings (SSSR count). The van der Waals surface area contributed by atoms with Gasteiger partial charge in [0.05, 0.1) is 52.1 Å². The van der Waals surface area contributed by atoms with Gasteiger partial charge in [0.25, 0.3) is 0 Å². The summed E-state index contributed by atoms with van der Waals surface area (Å²) in [5.74, 6) is -5.34. The topological polar surface area (TPSA) is 218 Å². The molecule has 0 atom stereocenters. The Bertz CT molecular complexity index is 3150. The average molecular weight is 856 g/mol. The van der Waals surface area contributed by atoms with Crippen molar-refractivity contribution in [3.05, 3.63) is 218 Å². The van der Waals surface area contributed by atoms with Crippen LogP contribution in [0.3, 0.4) is 0 Å². The third-order valence-electron chi connectivity index (χ3n) is 10.2. The average Bonchev–Trinajstić information content (AvgIpc) is 4.10. The van der Waals surface area contributed by atoms with E-state index in [0.29, 0.717) is 89.8 Å². The fraction of sp³-hybridized carbons (Fsp3) is 0. The summed E-state index contributed by atoms with van der Waals surface area (Å²) in [6, 6.07) is 28.2. The summed E-state index contributed by atoms with van der Waals surface area (Å²) < 4.78 is 0. The summed E-state index contributed by atoms with van der Waals surface area (Å²) in [7, 11) is 0. The summed E-state index contributed by atoms with van der Waals surface area (Å²) in [6.45, 7) is 0. The van der Waals surface area contributed by atoms with Gasteiger partial charge in [0.1, 0.15) is 0 Å². The van der Waals surface area contributed by atoms with Crippen LogP contribution in [0.25, 0.3) is 28.2 Å². The zero-order chi connectivity index (χ0) is 41.7. The number of allylic oxidation sites excluding steroid dienone is 8. The third-order valence-corrected chi connectivity index (χ3v) is 10.2. The number of nitrogens with zero attached hydrogens (tertiary/aromatic N) is 4. The smallest absolute Gasteiger partial charge is 0.884 e. The maximum Gasteiger partial charge on any atom is 2.00 e. The van der Waals surface area contributed by atoms with Crippen molar-refractivity contribution in [2.75, 3.05) is 0 Å². The Balaban J connectivity index is 0.00000185. The Morgan fingerprint density at radius 1 is 0.410 bits per heavy atom. The molecule has 13 heteroatoms. The zero-order valence-corrected chi connectivity index (χ0v) is 32.2. The maximum absolute atomic E-state index is 11.7. The van der Waals surface area contributed by atoms with Crippen LogP contribution in [-0.4, -0.2) is 35.0 Å². The summed E-state index contributed by atoms with van der Waals surface area (Å²) in [6.07, 6.45) is 10.8. The normalized spacial score (nSPS) is 15.1. The number of carbonyl (C=O) groups is 3. The van der Waals surface area contributed by atoms with Crippen molar-refractivity contribution >= 4 is 63.3 Å². The van der Waals surface area contributed by atoms with Crippen LogP contribution >= 0.6 is 0 Å². The van der Waals surface area contributed by atoms with Crippen LogP contribution in [0.1, 0.15) is 64.9 Å². The predicted molar refractivity (Wildman–Crippen MR) is 218 cm³/mol. The number of benzene rings is 4. The first-order valence-corrected chi connectivity index (χ1v) is 18.4. The number of fused-ring (bicyclic) bond motifs is 5. The molecule has 4 aliphatic heterocycles. The van der Waals surface area contributed by atoms with E-state index in [-0.39, 0.29) is 44.7 Å². The van der Waals surface area contributed by atoms with E-state index in [2.05, 4.69) is 0 Å². The molecule has 5 heterocycles. The van der Waals surface area contributed by atoms with Gasteiger partial charge in [0.15, 0.2) is 0 Å². The largest absolute Gasteiger partial charge is 2.00 e. The number of carboxylic acid groups (broad SMARTS) is 3. The van der Waals surface area contributed by atoms with E-state index in [1.807, 2.05) is 0 Å². The molecule has 0 N–H and O–H groups in total. The second-order valence-electron chi connectivity index (χ2n) is 13.8. The van der Waals surface area contributed by atoms with E-state index < -0.39 is 23.9 Å². The second kappa shape index (κ2) is 15.9. The molecule has 0 aliphatic carbocycles. The fourth-order valence-electron chi connectivity index (χ4n) is 7.36. The maximum atomic E-state index is 11.7. The van der Waals surface area contributed by atoms with Crippen LogP contribution in [-0.2, 0) is 17.1 Å². The molecule has 0 amide bonds. The third kappa shape index (κ3) is 7.42. The van der Waals surface area contributed by atoms with Crippen LogP contribution in [0.4, 0.5) is 0 Å². The summed E-state index contributed by atoms with van der Waals surface area (Å²) in [5.41, 5.74) is 7.81. The Morgan fingerprint density at radius 2 is 0.754 bits per heavy atom. The fourth-order valence-corrected chi connectivity index (χ4v) is 7.36. The first-order chi connectivity index (χ1) is 29.0. The Morgan fingerprint density at radius 3 is 1.13 bits per heavy atom. The standard InChI is InChI=1S/C48H30N4O8.Cu/c53-45(54)29-9-1-25(2-10-29)41-33-17-19-35(49-33)42(26-3-11-30(12-4-26)46(55)56)37-21-23-39(51-37)44(28-7-15-32(16-8-28)48(59)60)40-24-22-38(52-40)43(36-20-18-34(41)50-36)27-5-13-31(14-6-27)47(57)58;/h1-24H,(H6,49,50,51,52,53,54,55,56,57,58,59,60);/q;+2/p-2/i;1+3. The number of carboxylic acids is 3. The molecule has 1 aromatic heterocycles. The number of aromatic nitrogens is 1. The van der Waals surface area contributed by atoms with Crippen molar-refractivity contribution in [2.45, 2.75) is 0 Å². The van der Waals surface area contributed by atoms with Gasteiger partial charge >= 0.3 is 22.8 Å². The number of aromatic carboxylic acids is 3. The van der Waals surface area contributed by atoms with Gasteiger partial charge in [0.2, 0.25) is 0 Å². The molecule has 8 bridgehead atoms. The van der Waals surface area contributed by atoms with Gasteiger partial charge in [-0.25, -0.2) is 15.0 Å². The first-order valence-electron chi connectivity index (χ1n) is 18.4. The monoisotopic (exact) mass is 855 g/mol.